The van der Waals surface area contributed by atoms with E-state index in [1.807, 2.05) is 0 Å². The van der Waals surface area contributed by atoms with Gasteiger partial charge in [-0.3, -0.25) is 19.9 Å². The van der Waals surface area contributed by atoms with Crippen LogP contribution < -0.4 is 4.74 Å². The molecule has 0 unspecified atom stereocenters. The van der Waals surface area contributed by atoms with Gasteiger partial charge in [-0.15, -0.1) is 0 Å². The van der Waals surface area contributed by atoms with Crippen molar-refractivity contribution in [3.8, 4) is 5.75 Å². The second kappa shape index (κ2) is 12.7. The largest absolute Gasteiger partial charge is 0.513 e. The maximum absolute atomic E-state index is 14.3. The number of benzene rings is 3. The molecule has 4 aromatic rings. The average Bonchev–Trinajstić information content (AvgIpc) is 3.26. The van der Waals surface area contributed by atoms with Crippen molar-refractivity contribution in [3.63, 3.8) is 0 Å². The molecule has 1 amide bonds. The SMILES string of the molecule is C[C@@]1(COC(=O)Oc2ccc([N+](=O)[O-])cc2)[C@H](C(=O)OC(c2ccccc2)c2ccccc2)N2C(=O)C(=Cc3ccccn3)[C@H]2S1(=O)=O. The average molecular weight is 670 g/mol. The van der Waals surface area contributed by atoms with Gasteiger partial charge in [0.15, 0.2) is 27.4 Å². The van der Waals surface area contributed by atoms with Crippen molar-refractivity contribution in [2.24, 2.45) is 0 Å². The zero-order valence-electron chi connectivity index (χ0n) is 25.2. The Kier molecular flexibility index (Phi) is 8.50. The number of β-lactam (4-membered cyclic amide) rings is 1. The Bertz CT molecular complexity index is 1970. The van der Waals surface area contributed by atoms with Crippen LogP contribution in [-0.2, 0) is 28.9 Å². The Morgan fingerprint density at radius 1 is 0.958 bits per heavy atom. The van der Waals surface area contributed by atoms with Gasteiger partial charge in [-0.2, -0.15) is 0 Å². The molecule has 6 rings (SSSR count). The summed E-state index contributed by atoms with van der Waals surface area (Å²) in [4.78, 5) is 55.9. The van der Waals surface area contributed by atoms with E-state index in [0.29, 0.717) is 16.8 Å². The molecule has 0 radical (unpaired) electrons. The lowest BCUT2D eigenvalue weighted by Crippen LogP contribution is -2.60. The Hall–Kier alpha value is -5.89. The van der Waals surface area contributed by atoms with Crippen LogP contribution in [0.1, 0.15) is 29.8 Å². The molecule has 3 aromatic carbocycles. The monoisotopic (exact) mass is 669 g/mol. The standard InChI is InChI=1S/C34H27N3O10S/c1-34(21-45-33(40)46-26-17-15-25(16-18-26)37(41)42)29(32(39)47-28(22-10-4-2-5-11-22)23-12-6-3-7-13-23)36-30(38)27(31(36)48(34,43)44)20-24-14-8-9-19-35-24/h2-20,28-29,31H,21H2,1H3/t29-,31+,34+/m0/s1. The van der Waals surface area contributed by atoms with E-state index in [1.165, 1.54) is 31.3 Å². The van der Waals surface area contributed by atoms with E-state index in [9.17, 15) is 32.9 Å². The van der Waals surface area contributed by atoms with Gasteiger partial charge in [0.05, 0.1) is 16.2 Å². The predicted octanol–water partition coefficient (Wildman–Crippen LogP) is 4.65. The molecule has 244 valence electrons. The summed E-state index contributed by atoms with van der Waals surface area (Å²) in [5.74, 6) is -1.85. The molecule has 2 aliphatic heterocycles. The quantitative estimate of drug-likeness (QED) is 0.0607. The fourth-order valence-corrected chi connectivity index (χ4v) is 8.00. The topological polar surface area (TPSA) is 172 Å². The van der Waals surface area contributed by atoms with Gasteiger partial charge in [-0.25, -0.2) is 18.0 Å². The molecule has 14 heteroatoms. The smallest absolute Gasteiger partial charge is 0.451 e. The highest BCUT2D eigenvalue weighted by molar-refractivity contribution is 7.94. The summed E-state index contributed by atoms with van der Waals surface area (Å²) in [5, 5.41) is 9.40. The summed E-state index contributed by atoms with van der Waals surface area (Å²) >= 11 is 0. The molecular weight excluding hydrogens is 642 g/mol. The van der Waals surface area contributed by atoms with Crippen LogP contribution in [0.25, 0.3) is 6.08 Å². The first kappa shape index (κ1) is 32.1. The molecule has 0 aliphatic carbocycles. The van der Waals surface area contributed by atoms with Gasteiger partial charge in [-0.1, -0.05) is 66.7 Å². The van der Waals surface area contributed by atoms with Gasteiger partial charge in [-0.05, 0) is 48.4 Å². The number of pyridine rings is 1. The van der Waals surface area contributed by atoms with Crippen molar-refractivity contribution >= 4 is 39.6 Å². The highest BCUT2D eigenvalue weighted by Gasteiger charge is 2.73. The zero-order valence-corrected chi connectivity index (χ0v) is 26.1. The number of carbonyl (C=O) groups is 3. The Morgan fingerprint density at radius 3 is 2.12 bits per heavy atom. The number of esters is 1. The van der Waals surface area contributed by atoms with Gasteiger partial charge in [0.2, 0.25) is 0 Å². The van der Waals surface area contributed by atoms with Crippen LogP contribution in [-0.4, -0.2) is 64.0 Å². The number of nitro benzene ring substituents is 1. The minimum Gasteiger partial charge on any atom is -0.451 e. The predicted molar refractivity (Wildman–Crippen MR) is 170 cm³/mol. The molecule has 0 saturated carbocycles. The van der Waals surface area contributed by atoms with Gasteiger partial charge in [0, 0.05) is 18.3 Å². The lowest BCUT2D eigenvalue weighted by molar-refractivity contribution is -0.384. The van der Waals surface area contributed by atoms with Gasteiger partial charge >= 0.3 is 12.1 Å². The number of hydrogen-bond donors (Lipinski definition) is 0. The lowest BCUT2D eigenvalue weighted by atomic mass is 9.94. The van der Waals surface area contributed by atoms with Crippen LogP contribution in [0.4, 0.5) is 10.5 Å². The van der Waals surface area contributed by atoms with Crippen LogP contribution in [0, 0.1) is 10.1 Å². The van der Waals surface area contributed by atoms with E-state index < -0.39 is 61.7 Å². The first-order chi connectivity index (χ1) is 23.0. The van der Waals surface area contributed by atoms with Crippen LogP contribution in [0.5, 0.6) is 5.75 Å². The number of hydrogen-bond acceptors (Lipinski definition) is 11. The third kappa shape index (κ3) is 5.77. The Labute approximate surface area is 274 Å². The number of nitrogens with zero attached hydrogens (tertiary/aromatic N) is 3. The minimum atomic E-state index is -4.47. The number of nitro groups is 1. The molecular formula is C34H27N3O10S. The number of fused-ring (bicyclic) bond motifs is 1. The van der Waals surface area contributed by atoms with Gasteiger partial charge in [0.1, 0.15) is 17.1 Å². The van der Waals surface area contributed by atoms with Crippen molar-refractivity contribution in [1.82, 2.24) is 9.88 Å². The number of sulfone groups is 1. The second-order valence-corrected chi connectivity index (χ2v) is 13.7. The highest BCUT2D eigenvalue weighted by atomic mass is 32.2. The molecule has 2 saturated heterocycles. The fraction of sp³-hybridized carbons (Fsp3) is 0.176. The molecule has 0 N–H and O–H groups in total. The third-order valence-corrected chi connectivity index (χ3v) is 10.9. The first-order valence-electron chi connectivity index (χ1n) is 14.6. The third-order valence-electron chi connectivity index (χ3n) is 8.18. The molecule has 1 aromatic heterocycles. The number of non-ortho nitro benzene ring substituents is 1. The van der Waals surface area contributed by atoms with Crippen molar-refractivity contribution in [2.45, 2.75) is 29.2 Å². The molecule has 13 nitrogen and oxygen atoms in total. The summed E-state index contributed by atoms with van der Waals surface area (Å²) in [6.07, 6.45) is 0.538. The summed E-state index contributed by atoms with van der Waals surface area (Å²) in [6.45, 7) is 0.316. The van der Waals surface area contributed by atoms with Crippen molar-refractivity contribution < 1.29 is 41.9 Å². The van der Waals surface area contributed by atoms with Crippen molar-refractivity contribution in [1.29, 1.82) is 0 Å². The molecule has 3 atom stereocenters. The second-order valence-electron chi connectivity index (χ2n) is 11.2. The number of amides is 1. The summed E-state index contributed by atoms with van der Waals surface area (Å²) in [5.41, 5.74) is 1.19. The maximum atomic E-state index is 14.3. The fourth-order valence-electron chi connectivity index (χ4n) is 5.73. The maximum Gasteiger partial charge on any atom is 0.513 e. The van der Waals surface area contributed by atoms with Gasteiger partial charge in [0.25, 0.3) is 11.6 Å². The van der Waals surface area contributed by atoms with E-state index >= 15 is 0 Å². The van der Waals surface area contributed by atoms with Crippen LogP contribution in [0.3, 0.4) is 0 Å². The summed E-state index contributed by atoms with van der Waals surface area (Å²) in [7, 11) is -4.47. The zero-order chi connectivity index (χ0) is 34.1. The van der Waals surface area contributed by atoms with E-state index in [-0.39, 0.29) is 17.0 Å². The van der Waals surface area contributed by atoms with E-state index in [4.69, 9.17) is 14.2 Å². The molecule has 0 bridgehead atoms. The summed E-state index contributed by atoms with van der Waals surface area (Å²) < 4.78 is 42.8. The summed E-state index contributed by atoms with van der Waals surface area (Å²) in [6, 6.07) is 25.4. The molecule has 48 heavy (non-hydrogen) atoms. The van der Waals surface area contributed by atoms with Crippen molar-refractivity contribution in [2.75, 3.05) is 6.61 Å². The number of aromatic nitrogens is 1. The van der Waals surface area contributed by atoms with Crippen LogP contribution in [0.15, 0.2) is 115 Å². The van der Waals surface area contributed by atoms with Gasteiger partial charge < -0.3 is 19.1 Å². The minimum absolute atomic E-state index is 0.103. The normalized spacial score (nSPS) is 21.7. The number of rotatable bonds is 9. The highest BCUT2D eigenvalue weighted by Crippen LogP contribution is 2.50. The number of carbonyl (C=O) groups excluding carboxylic acids is 3. The van der Waals surface area contributed by atoms with E-state index in [0.717, 1.165) is 17.0 Å². The Balaban J connectivity index is 1.33. The Morgan fingerprint density at radius 2 is 1.56 bits per heavy atom. The van der Waals surface area contributed by atoms with E-state index in [2.05, 4.69) is 4.98 Å². The van der Waals surface area contributed by atoms with Crippen LogP contribution >= 0.6 is 0 Å². The van der Waals surface area contributed by atoms with Crippen molar-refractivity contribution in [3.05, 3.63) is 142 Å². The van der Waals surface area contributed by atoms with Crippen LogP contribution in [0.2, 0.25) is 0 Å². The molecule has 3 heterocycles. The van der Waals surface area contributed by atoms with E-state index in [1.54, 1.807) is 78.9 Å². The molecule has 0 spiro atoms. The number of ether oxygens (including phenoxy) is 3. The molecule has 2 aliphatic rings. The first-order valence-corrected chi connectivity index (χ1v) is 16.1. The lowest BCUT2D eigenvalue weighted by Gasteiger charge is -2.39. The molecule has 2 fully saturated rings.